The lowest BCUT2D eigenvalue weighted by Gasteiger charge is -2.19. The van der Waals surface area contributed by atoms with Gasteiger partial charge in [0.05, 0.1) is 17.3 Å². The molecule has 0 atom stereocenters. The first-order valence-electron chi connectivity index (χ1n) is 7.42. The van der Waals surface area contributed by atoms with Crippen LogP contribution in [0.5, 0.6) is 5.75 Å². The molecule has 0 radical (unpaired) electrons. The zero-order chi connectivity index (χ0) is 16.6. The average molecular weight is 329 g/mol. The number of alkyl carbamates (subject to hydrolysis) is 1. The Morgan fingerprint density at radius 1 is 1.27 bits per heavy atom. The zero-order valence-corrected chi connectivity index (χ0v) is 14.2. The molecule has 0 aliphatic rings. The fourth-order valence-corrected chi connectivity index (χ4v) is 1.87. The molecule has 1 rings (SSSR count). The Kier molecular flexibility index (Phi) is 7.32. The monoisotopic (exact) mass is 328 g/mol. The average Bonchev–Trinajstić information content (AvgIpc) is 2.39. The van der Waals surface area contributed by atoms with Crippen molar-refractivity contribution in [1.82, 2.24) is 5.32 Å². The highest BCUT2D eigenvalue weighted by Crippen LogP contribution is 2.24. The number of rotatable bonds is 7. The third-order valence-corrected chi connectivity index (χ3v) is 3.06. The Labute approximate surface area is 137 Å². The molecule has 0 aromatic heterocycles. The molecule has 1 amide bonds. The third-order valence-electron chi connectivity index (χ3n) is 2.73. The summed E-state index contributed by atoms with van der Waals surface area (Å²) in [5.74, 6) is 0.714. The molecule has 0 unspecified atom stereocenters. The molecule has 0 saturated carbocycles. The van der Waals surface area contributed by atoms with Crippen molar-refractivity contribution in [2.24, 2.45) is 0 Å². The maximum absolute atomic E-state index is 11.4. The van der Waals surface area contributed by atoms with Crippen LogP contribution in [0.25, 0.3) is 0 Å². The molecule has 1 aromatic carbocycles. The van der Waals surface area contributed by atoms with Crippen LogP contribution in [-0.4, -0.2) is 24.8 Å². The van der Waals surface area contributed by atoms with E-state index in [0.717, 1.165) is 19.3 Å². The number of ether oxygens (including phenoxy) is 2. The van der Waals surface area contributed by atoms with Crippen LogP contribution < -0.4 is 15.8 Å². The van der Waals surface area contributed by atoms with E-state index in [4.69, 9.17) is 26.8 Å². The maximum Gasteiger partial charge on any atom is 0.407 e. The normalized spacial score (nSPS) is 11.1. The second-order valence-corrected chi connectivity index (χ2v) is 6.43. The molecular weight excluding hydrogens is 304 g/mol. The van der Waals surface area contributed by atoms with Gasteiger partial charge in [0.15, 0.2) is 0 Å². The van der Waals surface area contributed by atoms with Crippen molar-refractivity contribution in [3.05, 3.63) is 23.2 Å². The van der Waals surface area contributed by atoms with Crippen molar-refractivity contribution in [3.63, 3.8) is 0 Å². The van der Waals surface area contributed by atoms with Crippen LogP contribution in [-0.2, 0) is 4.74 Å². The summed E-state index contributed by atoms with van der Waals surface area (Å²) in [4.78, 5) is 11.4. The number of nitrogens with two attached hydrogens (primary N) is 1. The number of nitrogens with one attached hydrogen (secondary N) is 1. The predicted octanol–water partition coefficient (Wildman–Crippen LogP) is 4.00. The molecule has 124 valence electrons. The predicted molar refractivity (Wildman–Crippen MR) is 89.4 cm³/mol. The highest BCUT2D eigenvalue weighted by Gasteiger charge is 2.15. The van der Waals surface area contributed by atoms with Crippen LogP contribution in [0.3, 0.4) is 0 Å². The second-order valence-electron chi connectivity index (χ2n) is 6.02. The number of unbranched alkanes of at least 4 members (excludes halogenated alkanes) is 2. The fourth-order valence-electron chi connectivity index (χ4n) is 1.70. The van der Waals surface area contributed by atoms with Crippen LogP contribution >= 0.6 is 11.6 Å². The quantitative estimate of drug-likeness (QED) is 0.586. The summed E-state index contributed by atoms with van der Waals surface area (Å²) < 4.78 is 10.7. The number of carbonyl (C=O) groups excluding carboxylic acids is 1. The molecule has 0 bridgehead atoms. The number of nitrogen functional groups attached to an aromatic ring is 1. The Morgan fingerprint density at radius 2 is 2.00 bits per heavy atom. The van der Waals surface area contributed by atoms with Gasteiger partial charge in [0.1, 0.15) is 11.4 Å². The Hall–Kier alpha value is -1.62. The van der Waals surface area contributed by atoms with Crippen molar-refractivity contribution in [3.8, 4) is 5.75 Å². The topological polar surface area (TPSA) is 73.6 Å². The standard InChI is InChI=1S/C16H25ClN2O3/c1-16(2,3)22-15(20)19-9-5-4-6-10-21-12-7-8-14(18)13(17)11-12/h7-8,11H,4-6,9-10,18H2,1-3H3,(H,19,20). The molecule has 0 aliphatic carbocycles. The molecule has 22 heavy (non-hydrogen) atoms. The van der Waals surface area contributed by atoms with Crippen LogP contribution in [0.15, 0.2) is 18.2 Å². The number of carbonyl (C=O) groups is 1. The van der Waals surface area contributed by atoms with Gasteiger partial charge < -0.3 is 20.5 Å². The van der Waals surface area contributed by atoms with Crippen LogP contribution in [0, 0.1) is 0 Å². The number of halogens is 1. The van der Waals surface area contributed by atoms with Gasteiger partial charge in [0.25, 0.3) is 0 Å². The molecular formula is C16H25ClN2O3. The molecule has 5 nitrogen and oxygen atoms in total. The van der Waals surface area contributed by atoms with Crippen LogP contribution in [0.2, 0.25) is 5.02 Å². The van der Waals surface area contributed by atoms with Crippen LogP contribution in [0.1, 0.15) is 40.0 Å². The van der Waals surface area contributed by atoms with E-state index in [-0.39, 0.29) is 6.09 Å². The zero-order valence-electron chi connectivity index (χ0n) is 13.4. The minimum atomic E-state index is -0.460. The minimum absolute atomic E-state index is 0.375. The lowest BCUT2D eigenvalue weighted by molar-refractivity contribution is 0.0527. The Bertz CT molecular complexity index is 487. The molecule has 0 spiro atoms. The van der Waals surface area contributed by atoms with Gasteiger partial charge in [0.2, 0.25) is 0 Å². The van der Waals surface area contributed by atoms with Gasteiger partial charge in [-0.2, -0.15) is 0 Å². The Balaban J connectivity index is 2.06. The first kappa shape index (κ1) is 18.4. The molecule has 0 aliphatic heterocycles. The van der Waals surface area contributed by atoms with E-state index in [0.29, 0.717) is 29.6 Å². The van der Waals surface area contributed by atoms with E-state index >= 15 is 0 Å². The van der Waals surface area contributed by atoms with Gasteiger partial charge in [-0.1, -0.05) is 11.6 Å². The maximum atomic E-state index is 11.4. The first-order valence-corrected chi connectivity index (χ1v) is 7.80. The SMILES string of the molecule is CC(C)(C)OC(=O)NCCCCCOc1ccc(N)c(Cl)c1. The summed E-state index contributed by atoms with van der Waals surface area (Å²) in [6, 6.07) is 5.23. The number of hydrogen-bond acceptors (Lipinski definition) is 4. The molecule has 6 heteroatoms. The van der Waals surface area contributed by atoms with Gasteiger partial charge in [-0.15, -0.1) is 0 Å². The molecule has 1 aromatic rings. The van der Waals surface area contributed by atoms with E-state index in [1.54, 1.807) is 18.2 Å². The van der Waals surface area contributed by atoms with Crippen LogP contribution in [0.4, 0.5) is 10.5 Å². The summed E-state index contributed by atoms with van der Waals surface area (Å²) in [6.07, 6.45) is 2.36. The highest BCUT2D eigenvalue weighted by atomic mass is 35.5. The van der Waals surface area contributed by atoms with E-state index < -0.39 is 5.60 Å². The lowest BCUT2D eigenvalue weighted by atomic mass is 10.2. The lowest BCUT2D eigenvalue weighted by Crippen LogP contribution is -2.33. The van der Waals surface area contributed by atoms with Gasteiger partial charge >= 0.3 is 6.09 Å². The number of hydrogen-bond donors (Lipinski definition) is 2. The van der Waals surface area contributed by atoms with E-state index in [1.165, 1.54) is 0 Å². The second kappa shape index (κ2) is 8.73. The van der Waals surface area contributed by atoms with Crippen molar-refractivity contribution in [2.75, 3.05) is 18.9 Å². The first-order chi connectivity index (χ1) is 10.3. The summed E-state index contributed by atoms with van der Waals surface area (Å²) in [6.45, 7) is 6.73. The van der Waals surface area contributed by atoms with Crippen molar-refractivity contribution < 1.29 is 14.3 Å². The third kappa shape index (κ3) is 7.98. The minimum Gasteiger partial charge on any atom is -0.494 e. The highest BCUT2D eigenvalue weighted by molar-refractivity contribution is 6.33. The van der Waals surface area contributed by atoms with Gasteiger partial charge in [0, 0.05) is 12.6 Å². The number of amides is 1. The number of benzene rings is 1. The molecule has 0 saturated heterocycles. The largest absolute Gasteiger partial charge is 0.494 e. The molecule has 3 N–H and O–H groups in total. The van der Waals surface area contributed by atoms with E-state index in [2.05, 4.69) is 5.32 Å². The smallest absolute Gasteiger partial charge is 0.407 e. The van der Waals surface area contributed by atoms with Crippen molar-refractivity contribution in [2.45, 2.75) is 45.6 Å². The number of anilines is 1. The summed E-state index contributed by atoms with van der Waals surface area (Å²) in [5, 5.41) is 3.23. The fraction of sp³-hybridized carbons (Fsp3) is 0.562. The van der Waals surface area contributed by atoms with Gasteiger partial charge in [-0.3, -0.25) is 0 Å². The van der Waals surface area contributed by atoms with E-state index in [9.17, 15) is 4.79 Å². The van der Waals surface area contributed by atoms with Gasteiger partial charge in [-0.25, -0.2) is 4.79 Å². The molecule has 0 fully saturated rings. The van der Waals surface area contributed by atoms with Crippen molar-refractivity contribution in [1.29, 1.82) is 0 Å². The summed E-state index contributed by atoms with van der Waals surface area (Å²) >= 11 is 5.91. The van der Waals surface area contributed by atoms with Gasteiger partial charge in [-0.05, 0) is 52.2 Å². The van der Waals surface area contributed by atoms with E-state index in [1.807, 2.05) is 20.8 Å². The summed E-state index contributed by atoms with van der Waals surface area (Å²) in [5.41, 5.74) is 5.71. The summed E-state index contributed by atoms with van der Waals surface area (Å²) in [7, 11) is 0. The van der Waals surface area contributed by atoms with Crippen molar-refractivity contribution >= 4 is 23.4 Å². The molecule has 0 heterocycles. The Morgan fingerprint density at radius 3 is 2.64 bits per heavy atom.